The van der Waals surface area contributed by atoms with Crippen molar-refractivity contribution in [3.05, 3.63) is 58.4 Å². The van der Waals surface area contributed by atoms with Gasteiger partial charge in [-0.05, 0) is 49.1 Å². The van der Waals surface area contributed by atoms with E-state index in [1.54, 1.807) is 25.6 Å². The summed E-state index contributed by atoms with van der Waals surface area (Å²) in [6.45, 7) is 6.14. The smallest absolute Gasteiger partial charge is 0.143 e. The summed E-state index contributed by atoms with van der Waals surface area (Å²) in [5.41, 5.74) is 5.13. The molecule has 1 N–H and O–H groups in total. The van der Waals surface area contributed by atoms with Crippen molar-refractivity contribution in [2.45, 2.75) is 26.9 Å². The van der Waals surface area contributed by atoms with Crippen molar-refractivity contribution in [1.29, 1.82) is 0 Å². The second-order valence-electron chi connectivity index (χ2n) is 4.81. The molecule has 3 nitrogen and oxygen atoms in total. The summed E-state index contributed by atoms with van der Waals surface area (Å²) in [4.78, 5) is 4.01. The quantitative estimate of drug-likeness (QED) is 0.918. The average Bonchev–Trinajstić information content (AvgIpc) is 2.42. The lowest BCUT2D eigenvalue weighted by Gasteiger charge is -2.18. The van der Waals surface area contributed by atoms with Gasteiger partial charge in [0.2, 0.25) is 0 Å². The number of rotatable bonds is 3. The van der Waals surface area contributed by atoms with Gasteiger partial charge in [0.15, 0.2) is 0 Å². The number of aliphatic hydroxyl groups excluding tert-OH is 1. The minimum absolute atomic E-state index is 0.604. The van der Waals surface area contributed by atoms with Crippen LogP contribution in [0.15, 0.2) is 30.6 Å². The molecule has 0 spiro atoms. The van der Waals surface area contributed by atoms with E-state index in [2.05, 4.69) is 24.9 Å². The van der Waals surface area contributed by atoms with Crippen LogP contribution in [0.3, 0.4) is 0 Å². The van der Waals surface area contributed by atoms with Crippen LogP contribution in [0.25, 0.3) is 0 Å². The predicted octanol–water partition coefficient (Wildman–Crippen LogP) is 3.10. The third-order valence-electron chi connectivity index (χ3n) is 3.51. The molecule has 0 bridgehead atoms. The van der Waals surface area contributed by atoms with Crippen LogP contribution in [-0.2, 0) is 0 Å². The third kappa shape index (κ3) is 2.61. The normalized spacial score (nSPS) is 12.3. The molecule has 3 heteroatoms. The molecule has 0 saturated carbocycles. The summed E-state index contributed by atoms with van der Waals surface area (Å²) in [6, 6.07) is 5.93. The Labute approximate surface area is 113 Å². The van der Waals surface area contributed by atoms with Crippen LogP contribution in [-0.4, -0.2) is 17.2 Å². The number of aryl methyl sites for hydroxylation is 3. The first-order chi connectivity index (χ1) is 9.04. The first kappa shape index (κ1) is 13.6. The minimum atomic E-state index is -0.697. The zero-order chi connectivity index (χ0) is 14.0. The number of hydrogen-bond donors (Lipinski definition) is 1. The zero-order valence-electron chi connectivity index (χ0n) is 11.8. The van der Waals surface area contributed by atoms with Gasteiger partial charge < -0.3 is 9.84 Å². The number of hydrogen-bond acceptors (Lipinski definition) is 3. The molecule has 0 aliphatic heterocycles. The molecule has 0 saturated heterocycles. The van der Waals surface area contributed by atoms with E-state index >= 15 is 0 Å². The number of aliphatic hydroxyl groups is 1. The Bertz CT molecular complexity index is 593. The first-order valence-electron chi connectivity index (χ1n) is 6.28. The average molecular weight is 257 g/mol. The molecule has 0 aliphatic carbocycles. The Morgan fingerprint density at radius 3 is 2.42 bits per heavy atom. The van der Waals surface area contributed by atoms with Gasteiger partial charge in [-0.2, -0.15) is 0 Å². The van der Waals surface area contributed by atoms with Crippen molar-refractivity contribution in [3.8, 4) is 5.75 Å². The molecule has 0 fully saturated rings. The van der Waals surface area contributed by atoms with Gasteiger partial charge in [0.05, 0.1) is 13.3 Å². The lowest BCUT2D eigenvalue weighted by Crippen LogP contribution is -2.05. The number of ether oxygens (including phenoxy) is 1. The standard InChI is InChI=1S/C16H19NO2/c1-10-7-12(3)14(8-11(10)2)16(18)13-5-6-17-9-15(13)19-4/h5-9,16,18H,1-4H3. The Morgan fingerprint density at radius 2 is 1.74 bits per heavy atom. The molecule has 2 rings (SSSR count). The highest BCUT2D eigenvalue weighted by atomic mass is 16.5. The monoisotopic (exact) mass is 257 g/mol. The molecule has 0 amide bonds. The molecule has 1 aromatic heterocycles. The molecule has 100 valence electrons. The van der Waals surface area contributed by atoms with Crippen molar-refractivity contribution >= 4 is 0 Å². The number of benzene rings is 1. The Balaban J connectivity index is 2.50. The van der Waals surface area contributed by atoms with Crippen LogP contribution in [0.5, 0.6) is 5.75 Å². The summed E-state index contributed by atoms with van der Waals surface area (Å²) < 4.78 is 5.26. The second kappa shape index (κ2) is 5.41. The highest BCUT2D eigenvalue weighted by Gasteiger charge is 2.17. The van der Waals surface area contributed by atoms with Crippen LogP contribution in [0.2, 0.25) is 0 Å². The molecule has 1 unspecified atom stereocenters. The summed E-state index contributed by atoms with van der Waals surface area (Å²) in [6.07, 6.45) is 2.59. The summed E-state index contributed by atoms with van der Waals surface area (Å²) in [5, 5.41) is 10.6. The van der Waals surface area contributed by atoms with Gasteiger partial charge in [0.1, 0.15) is 11.9 Å². The summed E-state index contributed by atoms with van der Waals surface area (Å²) >= 11 is 0. The van der Waals surface area contributed by atoms with Crippen molar-refractivity contribution in [2.75, 3.05) is 7.11 Å². The van der Waals surface area contributed by atoms with Crippen molar-refractivity contribution in [2.24, 2.45) is 0 Å². The van der Waals surface area contributed by atoms with E-state index < -0.39 is 6.10 Å². The molecule has 1 aromatic carbocycles. The van der Waals surface area contributed by atoms with E-state index in [1.807, 2.05) is 13.0 Å². The van der Waals surface area contributed by atoms with Gasteiger partial charge in [0, 0.05) is 11.8 Å². The number of pyridine rings is 1. The molecule has 1 atom stereocenters. The fourth-order valence-electron chi connectivity index (χ4n) is 2.23. The highest BCUT2D eigenvalue weighted by Crippen LogP contribution is 2.31. The molecule has 0 aliphatic rings. The number of methoxy groups -OCH3 is 1. The fourth-order valence-corrected chi connectivity index (χ4v) is 2.23. The lowest BCUT2D eigenvalue weighted by molar-refractivity contribution is 0.213. The molecule has 2 aromatic rings. The summed E-state index contributed by atoms with van der Waals surface area (Å²) in [5.74, 6) is 0.604. The van der Waals surface area contributed by atoms with E-state index in [0.717, 1.165) is 16.7 Å². The SMILES string of the molecule is COc1cnccc1C(O)c1cc(C)c(C)cc1C. The number of nitrogens with zero attached hydrogens (tertiary/aromatic N) is 1. The molecular formula is C16H19NO2. The van der Waals surface area contributed by atoms with Gasteiger partial charge in [0.25, 0.3) is 0 Å². The maximum absolute atomic E-state index is 10.6. The van der Waals surface area contributed by atoms with Gasteiger partial charge in [-0.15, -0.1) is 0 Å². The second-order valence-corrected chi connectivity index (χ2v) is 4.81. The van der Waals surface area contributed by atoms with Gasteiger partial charge in [-0.3, -0.25) is 4.98 Å². The molecule has 0 radical (unpaired) electrons. The highest BCUT2D eigenvalue weighted by molar-refractivity contribution is 5.44. The Hall–Kier alpha value is -1.87. The lowest BCUT2D eigenvalue weighted by atomic mass is 9.93. The summed E-state index contributed by atoms with van der Waals surface area (Å²) in [7, 11) is 1.58. The maximum atomic E-state index is 10.6. The van der Waals surface area contributed by atoms with Gasteiger partial charge in [-0.1, -0.05) is 12.1 Å². The van der Waals surface area contributed by atoms with Gasteiger partial charge >= 0.3 is 0 Å². The molecular weight excluding hydrogens is 238 g/mol. The Morgan fingerprint density at radius 1 is 1.05 bits per heavy atom. The van der Waals surface area contributed by atoms with Crippen LogP contribution < -0.4 is 4.74 Å². The van der Waals surface area contributed by atoms with Crippen molar-refractivity contribution in [3.63, 3.8) is 0 Å². The fraction of sp³-hybridized carbons (Fsp3) is 0.312. The van der Waals surface area contributed by atoms with Crippen LogP contribution in [0.4, 0.5) is 0 Å². The Kier molecular flexibility index (Phi) is 3.86. The first-order valence-corrected chi connectivity index (χ1v) is 6.28. The largest absolute Gasteiger partial charge is 0.495 e. The number of aromatic nitrogens is 1. The van der Waals surface area contributed by atoms with Crippen molar-refractivity contribution < 1.29 is 9.84 Å². The van der Waals surface area contributed by atoms with Gasteiger partial charge in [-0.25, -0.2) is 0 Å². The van der Waals surface area contributed by atoms with E-state index in [1.165, 1.54) is 11.1 Å². The third-order valence-corrected chi connectivity index (χ3v) is 3.51. The van der Waals surface area contributed by atoms with E-state index in [9.17, 15) is 5.11 Å². The molecule has 1 heterocycles. The van der Waals surface area contributed by atoms with E-state index in [0.29, 0.717) is 5.75 Å². The molecule has 19 heavy (non-hydrogen) atoms. The minimum Gasteiger partial charge on any atom is -0.495 e. The van der Waals surface area contributed by atoms with Crippen LogP contribution >= 0.6 is 0 Å². The van der Waals surface area contributed by atoms with Crippen LogP contribution in [0, 0.1) is 20.8 Å². The van der Waals surface area contributed by atoms with E-state index in [-0.39, 0.29) is 0 Å². The van der Waals surface area contributed by atoms with Crippen molar-refractivity contribution in [1.82, 2.24) is 4.98 Å². The topological polar surface area (TPSA) is 42.4 Å². The van der Waals surface area contributed by atoms with E-state index in [4.69, 9.17) is 4.74 Å². The predicted molar refractivity (Wildman–Crippen MR) is 75.5 cm³/mol. The zero-order valence-corrected chi connectivity index (χ0v) is 11.8. The maximum Gasteiger partial charge on any atom is 0.143 e. The van der Waals surface area contributed by atoms with Crippen LogP contribution in [0.1, 0.15) is 33.9 Å².